The normalized spacial score (nSPS) is 35.5. The van der Waals surface area contributed by atoms with Crippen LogP contribution in [0.25, 0.3) is 0 Å². The predicted octanol–water partition coefficient (Wildman–Crippen LogP) is 1.99. The van der Waals surface area contributed by atoms with Gasteiger partial charge in [0.15, 0.2) is 0 Å². The topological polar surface area (TPSA) is 56.8 Å². The smallest absolute Gasteiger partial charge is 0.309 e. The van der Waals surface area contributed by atoms with Gasteiger partial charge in [-0.25, -0.2) is 0 Å². The third kappa shape index (κ3) is 3.00. The van der Waals surface area contributed by atoms with E-state index in [0.717, 1.165) is 38.5 Å². The Bertz CT molecular complexity index is 349. The van der Waals surface area contributed by atoms with E-state index < -0.39 is 5.79 Å². The van der Waals surface area contributed by atoms with Crippen LogP contribution in [-0.2, 0) is 19.0 Å². The summed E-state index contributed by atoms with van der Waals surface area (Å²) < 4.78 is 17.4. The minimum Gasteiger partial charge on any atom is -0.430 e. The lowest BCUT2D eigenvalue weighted by molar-refractivity contribution is -0.243. The molecule has 0 saturated carbocycles. The van der Waals surface area contributed by atoms with Gasteiger partial charge in [0, 0.05) is 26.5 Å². The molecular weight excluding hydrogens is 258 g/mol. The molecule has 5 nitrogen and oxygen atoms in total. The maximum absolute atomic E-state index is 11.9. The van der Waals surface area contributed by atoms with Crippen molar-refractivity contribution in [3.63, 3.8) is 0 Å². The average Bonchev–Trinajstić information content (AvgIpc) is 2.95. The summed E-state index contributed by atoms with van der Waals surface area (Å²) in [5.74, 6) is -1.05. The van der Waals surface area contributed by atoms with Gasteiger partial charge in [0.2, 0.25) is 5.79 Å². The summed E-state index contributed by atoms with van der Waals surface area (Å²) in [6.45, 7) is 2.80. The summed E-state index contributed by atoms with van der Waals surface area (Å²) in [5, 5.41) is 2.95. The quantitative estimate of drug-likeness (QED) is 0.691. The molecule has 3 atom stereocenters. The summed E-state index contributed by atoms with van der Waals surface area (Å²) in [7, 11) is 3.49. The molecule has 0 amide bonds. The summed E-state index contributed by atoms with van der Waals surface area (Å²) in [5.41, 5.74) is -0.139. The standard InChI is InChI=1S/C15H27NO4/c1-4-5-7-14-8-9-15(20-14,12(11-14)18-3)19-13(17)6-10-16-2/h12,16H,4-11H2,1-3H3. The largest absolute Gasteiger partial charge is 0.430 e. The van der Waals surface area contributed by atoms with Crippen molar-refractivity contribution in [2.45, 2.75) is 69.4 Å². The zero-order valence-electron chi connectivity index (χ0n) is 12.9. The molecule has 0 aromatic rings. The van der Waals surface area contributed by atoms with E-state index in [0.29, 0.717) is 13.0 Å². The fourth-order valence-electron chi connectivity index (χ4n) is 3.38. The molecule has 5 heteroatoms. The van der Waals surface area contributed by atoms with Gasteiger partial charge in [0.1, 0.15) is 6.10 Å². The Morgan fingerprint density at radius 2 is 2.25 bits per heavy atom. The lowest BCUT2D eigenvalue weighted by Crippen LogP contribution is -2.44. The van der Waals surface area contributed by atoms with Gasteiger partial charge in [-0.2, -0.15) is 0 Å². The first kappa shape index (κ1) is 15.7. The van der Waals surface area contributed by atoms with Crippen LogP contribution in [0.15, 0.2) is 0 Å². The first-order chi connectivity index (χ1) is 9.60. The van der Waals surface area contributed by atoms with Gasteiger partial charge in [-0.15, -0.1) is 0 Å². The molecule has 0 aromatic heterocycles. The van der Waals surface area contributed by atoms with Gasteiger partial charge in [-0.1, -0.05) is 19.8 Å². The molecule has 20 heavy (non-hydrogen) atoms. The van der Waals surface area contributed by atoms with Crippen molar-refractivity contribution >= 4 is 5.97 Å². The third-order valence-electron chi connectivity index (χ3n) is 4.50. The molecule has 0 aromatic carbocycles. The number of methoxy groups -OCH3 is 1. The fraction of sp³-hybridized carbons (Fsp3) is 0.933. The third-order valence-corrected chi connectivity index (χ3v) is 4.50. The SMILES string of the molecule is CCCCC12CCC(OC(=O)CCNC)(O1)C(OC)C2. The minimum absolute atomic E-state index is 0.133. The molecular formula is C15H27NO4. The Morgan fingerprint density at radius 3 is 2.90 bits per heavy atom. The molecule has 116 valence electrons. The van der Waals surface area contributed by atoms with Crippen LogP contribution in [0.3, 0.4) is 0 Å². The van der Waals surface area contributed by atoms with Crippen LogP contribution in [0, 0.1) is 0 Å². The van der Waals surface area contributed by atoms with Gasteiger partial charge >= 0.3 is 5.97 Å². The van der Waals surface area contributed by atoms with Crippen molar-refractivity contribution in [3.8, 4) is 0 Å². The number of fused-ring (bicyclic) bond motifs is 2. The molecule has 2 heterocycles. The van der Waals surface area contributed by atoms with E-state index in [1.807, 2.05) is 7.05 Å². The summed E-state index contributed by atoms with van der Waals surface area (Å²) in [6.07, 6.45) is 6.10. The van der Waals surface area contributed by atoms with Gasteiger partial charge in [-0.3, -0.25) is 4.79 Å². The van der Waals surface area contributed by atoms with Crippen molar-refractivity contribution in [1.82, 2.24) is 5.32 Å². The first-order valence-electron chi connectivity index (χ1n) is 7.69. The maximum atomic E-state index is 11.9. The number of carbonyl (C=O) groups is 1. The number of hydrogen-bond acceptors (Lipinski definition) is 5. The lowest BCUT2D eigenvalue weighted by atomic mass is 9.82. The Labute approximate surface area is 121 Å². The van der Waals surface area contributed by atoms with E-state index in [1.165, 1.54) is 0 Å². The van der Waals surface area contributed by atoms with Gasteiger partial charge in [-0.05, 0) is 19.9 Å². The number of nitrogens with one attached hydrogen (secondary N) is 1. The van der Waals surface area contributed by atoms with Gasteiger partial charge < -0.3 is 19.5 Å². The average molecular weight is 285 g/mol. The van der Waals surface area contributed by atoms with E-state index in [2.05, 4.69) is 12.2 Å². The molecule has 0 radical (unpaired) electrons. The van der Waals surface area contributed by atoms with Crippen molar-refractivity contribution < 1.29 is 19.0 Å². The van der Waals surface area contributed by atoms with Crippen molar-refractivity contribution in [2.75, 3.05) is 20.7 Å². The van der Waals surface area contributed by atoms with Crippen molar-refractivity contribution in [3.05, 3.63) is 0 Å². The number of carbonyl (C=O) groups excluding carboxylic acids is 1. The number of ether oxygens (including phenoxy) is 3. The molecule has 0 spiro atoms. The predicted molar refractivity (Wildman–Crippen MR) is 75.4 cm³/mol. The second-order valence-electron chi connectivity index (χ2n) is 5.96. The Balaban J connectivity index is 2.01. The summed E-state index contributed by atoms with van der Waals surface area (Å²) in [4.78, 5) is 11.9. The van der Waals surface area contributed by atoms with E-state index in [-0.39, 0.29) is 17.7 Å². The van der Waals surface area contributed by atoms with Crippen molar-refractivity contribution in [1.29, 1.82) is 0 Å². The fourth-order valence-corrected chi connectivity index (χ4v) is 3.38. The Morgan fingerprint density at radius 1 is 1.45 bits per heavy atom. The number of unbranched alkanes of at least 4 members (excludes halogenated alkanes) is 1. The molecule has 2 fully saturated rings. The second-order valence-corrected chi connectivity index (χ2v) is 5.96. The molecule has 2 bridgehead atoms. The van der Waals surface area contributed by atoms with Crippen LogP contribution < -0.4 is 5.32 Å². The van der Waals surface area contributed by atoms with Crippen LogP contribution in [0.1, 0.15) is 51.9 Å². The monoisotopic (exact) mass is 285 g/mol. The first-order valence-corrected chi connectivity index (χ1v) is 7.69. The van der Waals surface area contributed by atoms with Crippen LogP contribution in [0.4, 0.5) is 0 Å². The zero-order valence-corrected chi connectivity index (χ0v) is 12.9. The van der Waals surface area contributed by atoms with Crippen LogP contribution in [0.2, 0.25) is 0 Å². The highest BCUT2D eigenvalue weighted by Crippen LogP contribution is 2.54. The second kappa shape index (κ2) is 6.41. The molecule has 0 aliphatic carbocycles. The zero-order chi connectivity index (χ0) is 14.6. The minimum atomic E-state index is -0.840. The van der Waals surface area contributed by atoms with Gasteiger partial charge in [0.25, 0.3) is 0 Å². The summed E-state index contributed by atoms with van der Waals surface area (Å²) >= 11 is 0. The Hall–Kier alpha value is -0.650. The highest BCUT2D eigenvalue weighted by Gasteiger charge is 2.64. The molecule has 3 unspecified atom stereocenters. The lowest BCUT2D eigenvalue weighted by Gasteiger charge is -2.31. The van der Waals surface area contributed by atoms with Gasteiger partial charge in [0.05, 0.1) is 12.0 Å². The number of rotatable bonds is 8. The van der Waals surface area contributed by atoms with E-state index in [1.54, 1.807) is 7.11 Å². The highest BCUT2D eigenvalue weighted by molar-refractivity contribution is 5.70. The molecule has 2 saturated heterocycles. The molecule has 2 rings (SSSR count). The van der Waals surface area contributed by atoms with E-state index in [9.17, 15) is 4.79 Å². The highest BCUT2D eigenvalue weighted by atomic mass is 16.8. The molecule has 1 N–H and O–H groups in total. The molecule has 2 aliphatic heterocycles. The van der Waals surface area contributed by atoms with Crippen LogP contribution in [-0.4, -0.2) is 44.2 Å². The number of hydrogen-bond donors (Lipinski definition) is 1. The molecule has 2 aliphatic rings. The maximum Gasteiger partial charge on any atom is 0.309 e. The van der Waals surface area contributed by atoms with Crippen molar-refractivity contribution in [2.24, 2.45) is 0 Å². The van der Waals surface area contributed by atoms with E-state index in [4.69, 9.17) is 14.2 Å². The van der Waals surface area contributed by atoms with Crippen LogP contribution >= 0.6 is 0 Å². The summed E-state index contributed by atoms with van der Waals surface area (Å²) in [6, 6.07) is 0. The van der Waals surface area contributed by atoms with E-state index >= 15 is 0 Å². The Kier molecular flexibility index (Phi) is 5.04. The number of esters is 1. The van der Waals surface area contributed by atoms with Crippen LogP contribution in [0.5, 0.6) is 0 Å².